The van der Waals surface area contributed by atoms with Crippen molar-refractivity contribution >= 4 is 43.9 Å². The fourth-order valence-corrected chi connectivity index (χ4v) is 2.65. The highest BCUT2D eigenvalue weighted by Gasteiger charge is 2.10. The molecule has 0 spiro atoms. The first-order valence-electron chi connectivity index (χ1n) is 4.99. The van der Waals surface area contributed by atoms with Crippen LogP contribution in [0.5, 0.6) is 5.75 Å². The zero-order valence-electron chi connectivity index (χ0n) is 9.46. The summed E-state index contributed by atoms with van der Waals surface area (Å²) in [6.45, 7) is 3.95. The van der Waals surface area contributed by atoms with E-state index in [9.17, 15) is 4.79 Å². The fourth-order valence-electron chi connectivity index (χ4n) is 1.28. The molecule has 3 nitrogen and oxygen atoms in total. The van der Waals surface area contributed by atoms with Crippen molar-refractivity contribution in [2.75, 3.05) is 6.61 Å². The number of benzene rings is 1. The molecule has 0 atom stereocenters. The summed E-state index contributed by atoms with van der Waals surface area (Å²) in [5, 5.41) is 8.87. The van der Waals surface area contributed by atoms with Gasteiger partial charge in [0, 0.05) is 15.6 Å². The average Bonchev–Trinajstić information content (AvgIpc) is 2.22. The molecule has 1 aromatic carbocycles. The van der Waals surface area contributed by atoms with Gasteiger partial charge in [-0.1, -0.05) is 15.9 Å². The number of hydrogen-bond acceptors (Lipinski definition) is 2. The monoisotopic (exact) mass is 362 g/mol. The van der Waals surface area contributed by atoms with Gasteiger partial charge in [-0.2, -0.15) is 0 Å². The van der Waals surface area contributed by atoms with Crippen LogP contribution in [0.3, 0.4) is 0 Å². The Bertz CT molecular complexity index is 467. The highest BCUT2D eigenvalue weighted by Crippen LogP contribution is 2.34. The van der Waals surface area contributed by atoms with Crippen molar-refractivity contribution < 1.29 is 14.6 Å². The lowest BCUT2D eigenvalue weighted by molar-refractivity contribution is -0.132. The van der Waals surface area contributed by atoms with Crippen LogP contribution in [0.2, 0.25) is 0 Å². The smallest absolute Gasteiger partial charge is 0.331 e. The summed E-state index contributed by atoms with van der Waals surface area (Å²) in [5.41, 5.74) is 0.990. The lowest BCUT2D eigenvalue weighted by Gasteiger charge is -2.10. The Hall–Kier alpha value is -0.810. The Morgan fingerprint density at radius 1 is 1.47 bits per heavy atom. The summed E-state index contributed by atoms with van der Waals surface area (Å²) in [5.74, 6) is -0.292. The van der Waals surface area contributed by atoms with Crippen molar-refractivity contribution in [2.24, 2.45) is 0 Å². The van der Waals surface area contributed by atoms with Gasteiger partial charge < -0.3 is 9.84 Å². The molecule has 92 valence electrons. The molecule has 0 bridgehead atoms. The molecule has 0 aliphatic carbocycles. The van der Waals surface area contributed by atoms with Crippen molar-refractivity contribution in [1.82, 2.24) is 0 Å². The van der Waals surface area contributed by atoms with E-state index < -0.39 is 5.97 Å². The van der Waals surface area contributed by atoms with E-state index in [0.29, 0.717) is 12.4 Å². The van der Waals surface area contributed by atoms with Crippen LogP contribution in [0.25, 0.3) is 6.08 Å². The summed E-state index contributed by atoms with van der Waals surface area (Å²) in [6.07, 6.45) is 1.59. The Labute approximate surface area is 117 Å². The molecule has 0 amide bonds. The molecule has 0 aromatic heterocycles. The standard InChI is InChI=1S/C12H12Br2O3/c1-3-17-11-8(4-7(2)12(15)16)5-9(13)6-10(11)14/h4-6H,3H2,1-2H3,(H,15,16). The van der Waals surface area contributed by atoms with E-state index in [0.717, 1.165) is 14.5 Å². The predicted molar refractivity (Wildman–Crippen MR) is 74.3 cm³/mol. The zero-order chi connectivity index (χ0) is 13.0. The average molecular weight is 364 g/mol. The lowest BCUT2D eigenvalue weighted by atomic mass is 10.1. The Morgan fingerprint density at radius 2 is 2.12 bits per heavy atom. The Balaban J connectivity index is 3.30. The normalized spacial score (nSPS) is 11.4. The predicted octanol–water partition coefficient (Wildman–Crippen LogP) is 4.10. The van der Waals surface area contributed by atoms with Crippen molar-refractivity contribution in [2.45, 2.75) is 13.8 Å². The third-order valence-corrected chi connectivity index (χ3v) is 3.08. The molecule has 0 aliphatic rings. The third-order valence-electron chi connectivity index (χ3n) is 2.04. The Kier molecular flexibility index (Phi) is 5.21. The minimum atomic E-state index is -0.941. The topological polar surface area (TPSA) is 46.5 Å². The number of carbonyl (C=O) groups is 1. The van der Waals surface area contributed by atoms with E-state index in [1.54, 1.807) is 13.0 Å². The van der Waals surface area contributed by atoms with Gasteiger partial charge in [0.2, 0.25) is 0 Å². The molecule has 0 unspecified atom stereocenters. The first-order valence-corrected chi connectivity index (χ1v) is 6.57. The summed E-state index contributed by atoms with van der Waals surface area (Å²) < 4.78 is 7.15. The van der Waals surface area contributed by atoms with Gasteiger partial charge >= 0.3 is 5.97 Å². The molecule has 5 heteroatoms. The molecular weight excluding hydrogens is 352 g/mol. The second-order valence-electron chi connectivity index (χ2n) is 3.37. The van der Waals surface area contributed by atoms with Gasteiger partial charge in [0.1, 0.15) is 5.75 Å². The minimum Gasteiger partial charge on any atom is -0.492 e. The highest BCUT2D eigenvalue weighted by atomic mass is 79.9. The maximum Gasteiger partial charge on any atom is 0.331 e. The molecule has 1 rings (SSSR count). The van der Waals surface area contributed by atoms with E-state index in [1.807, 2.05) is 19.1 Å². The number of carboxylic acid groups (broad SMARTS) is 1. The van der Waals surface area contributed by atoms with Crippen LogP contribution >= 0.6 is 31.9 Å². The summed E-state index contributed by atoms with van der Waals surface area (Å²) in [4.78, 5) is 10.8. The number of carboxylic acids is 1. The van der Waals surface area contributed by atoms with E-state index in [2.05, 4.69) is 31.9 Å². The number of hydrogen-bond donors (Lipinski definition) is 1. The van der Waals surface area contributed by atoms with Gasteiger partial charge in [0.05, 0.1) is 11.1 Å². The van der Waals surface area contributed by atoms with E-state index in [1.165, 1.54) is 0 Å². The van der Waals surface area contributed by atoms with E-state index >= 15 is 0 Å². The number of ether oxygens (including phenoxy) is 1. The van der Waals surface area contributed by atoms with Crippen molar-refractivity contribution in [3.8, 4) is 5.75 Å². The lowest BCUT2D eigenvalue weighted by Crippen LogP contribution is -1.98. The molecule has 1 aromatic rings. The second kappa shape index (κ2) is 6.21. The summed E-state index contributed by atoms with van der Waals surface area (Å²) >= 11 is 6.76. The first kappa shape index (κ1) is 14.3. The molecule has 0 radical (unpaired) electrons. The van der Waals surface area contributed by atoms with Gasteiger partial charge in [0.25, 0.3) is 0 Å². The molecule has 1 N–H and O–H groups in total. The molecule has 0 aliphatic heterocycles. The summed E-state index contributed by atoms with van der Waals surface area (Å²) in [7, 11) is 0. The number of halogens is 2. The van der Waals surface area contributed by atoms with Crippen LogP contribution in [0.4, 0.5) is 0 Å². The van der Waals surface area contributed by atoms with Crippen LogP contribution in [-0.4, -0.2) is 17.7 Å². The van der Waals surface area contributed by atoms with Crippen LogP contribution < -0.4 is 4.74 Å². The molecule has 0 saturated heterocycles. The van der Waals surface area contributed by atoms with E-state index in [4.69, 9.17) is 9.84 Å². The molecule has 17 heavy (non-hydrogen) atoms. The van der Waals surface area contributed by atoms with Crippen LogP contribution in [0.1, 0.15) is 19.4 Å². The van der Waals surface area contributed by atoms with Crippen LogP contribution in [0.15, 0.2) is 26.7 Å². The fraction of sp³-hybridized carbons (Fsp3) is 0.250. The maximum absolute atomic E-state index is 10.8. The van der Waals surface area contributed by atoms with Gasteiger partial charge in [0.15, 0.2) is 0 Å². The maximum atomic E-state index is 10.8. The first-order chi connectivity index (χ1) is 7.95. The minimum absolute atomic E-state index is 0.260. The summed E-state index contributed by atoms with van der Waals surface area (Å²) in [6, 6.07) is 3.68. The quantitative estimate of drug-likeness (QED) is 0.819. The number of rotatable bonds is 4. The second-order valence-corrected chi connectivity index (χ2v) is 5.14. The van der Waals surface area contributed by atoms with Gasteiger partial charge in [-0.25, -0.2) is 4.79 Å². The van der Waals surface area contributed by atoms with Crippen molar-refractivity contribution in [3.63, 3.8) is 0 Å². The van der Waals surface area contributed by atoms with Crippen molar-refractivity contribution in [1.29, 1.82) is 0 Å². The van der Waals surface area contributed by atoms with E-state index in [-0.39, 0.29) is 5.57 Å². The molecule has 0 heterocycles. The molecular formula is C12H12Br2O3. The highest BCUT2D eigenvalue weighted by molar-refractivity contribution is 9.11. The third kappa shape index (κ3) is 3.85. The van der Waals surface area contributed by atoms with Crippen LogP contribution in [-0.2, 0) is 4.79 Å². The van der Waals surface area contributed by atoms with Gasteiger partial charge in [-0.3, -0.25) is 0 Å². The van der Waals surface area contributed by atoms with Gasteiger partial charge in [-0.15, -0.1) is 0 Å². The Morgan fingerprint density at radius 3 is 2.65 bits per heavy atom. The largest absolute Gasteiger partial charge is 0.492 e. The van der Waals surface area contributed by atoms with Gasteiger partial charge in [-0.05, 0) is 48.0 Å². The zero-order valence-corrected chi connectivity index (χ0v) is 12.6. The SMILES string of the molecule is CCOc1c(Br)cc(Br)cc1C=C(C)C(=O)O. The molecule has 0 fully saturated rings. The van der Waals surface area contributed by atoms with Crippen LogP contribution in [0, 0.1) is 0 Å². The molecule has 0 saturated carbocycles. The van der Waals surface area contributed by atoms with Crippen molar-refractivity contribution in [3.05, 3.63) is 32.2 Å². The number of aliphatic carboxylic acids is 1.